The molecule has 0 amide bonds. The van der Waals surface area contributed by atoms with Gasteiger partial charge in [-0.15, -0.1) is 0 Å². The van der Waals surface area contributed by atoms with E-state index in [1.807, 2.05) is 0 Å². The minimum absolute atomic E-state index is 0.0408. The zero-order chi connectivity index (χ0) is 23.0. The lowest BCUT2D eigenvalue weighted by atomic mass is 9.59. The van der Waals surface area contributed by atoms with E-state index in [1.165, 1.54) is 12.1 Å². The molecule has 4 aliphatic rings. The number of rotatable bonds is 1. The molecule has 1 saturated carbocycles. The molecule has 2 spiro atoms. The van der Waals surface area contributed by atoms with Gasteiger partial charge in [-0.25, -0.2) is 4.98 Å². The third kappa shape index (κ3) is 3.34. The topological polar surface area (TPSA) is 54.4 Å². The molecule has 1 aromatic carbocycles. The second kappa shape index (κ2) is 7.41. The maximum Gasteiger partial charge on any atom is 0.416 e. The standard InChI is InChI=1S/C25H24ClF3NO3/c26-22-19-20(18-16(30-22)12-23(6-1-7-23)13-17(18)31)24(8-10-32-11-9-24)33-21(19)14-2-4-15(5-3-14)25(27,28)29/h2-5,17,21H,1,6-13H2/q-1/t17?,21-/m0/s1. The Labute approximate surface area is 195 Å². The molecule has 2 aromatic rings. The van der Waals surface area contributed by atoms with E-state index >= 15 is 0 Å². The van der Waals surface area contributed by atoms with Gasteiger partial charge in [-0.1, -0.05) is 42.7 Å². The zero-order valence-corrected chi connectivity index (χ0v) is 18.8. The van der Waals surface area contributed by atoms with Gasteiger partial charge in [0.15, 0.2) is 0 Å². The number of alkyl halides is 3. The van der Waals surface area contributed by atoms with Crippen LogP contribution in [0.15, 0.2) is 24.3 Å². The second-order valence-corrected chi connectivity index (χ2v) is 10.4. The molecule has 0 radical (unpaired) electrons. The van der Waals surface area contributed by atoms with Crippen LogP contribution >= 0.6 is 11.6 Å². The van der Waals surface area contributed by atoms with Crippen LogP contribution in [0.3, 0.4) is 0 Å². The second-order valence-electron chi connectivity index (χ2n) is 10.00. The number of hydrogen-bond donors (Lipinski definition) is 0. The molecule has 33 heavy (non-hydrogen) atoms. The summed E-state index contributed by atoms with van der Waals surface area (Å²) in [6.07, 6.45) is -0.264. The first-order valence-corrected chi connectivity index (χ1v) is 11.9. The molecule has 1 aromatic heterocycles. The number of benzene rings is 1. The van der Waals surface area contributed by atoms with E-state index in [0.717, 1.165) is 49.1 Å². The van der Waals surface area contributed by atoms with E-state index in [-0.39, 0.29) is 5.41 Å². The quantitative estimate of drug-likeness (QED) is 0.515. The highest BCUT2D eigenvalue weighted by Crippen LogP contribution is 2.59. The third-order valence-corrected chi connectivity index (χ3v) is 8.39. The largest absolute Gasteiger partial charge is 0.848 e. The number of pyridine rings is 1. The van der Waals surface area contributed by atoms with Gasteiger partial charge >= 0.3 is 6.18 Å². The summed E-state index contributed by atoms with van der Waals surface area (Å²) < 4.78 is 51.5. The Morgan fingerprint density at radius 3 is 2.33 bits per heavy atom. The van der Waals surface area contributed by atoms with Gasteiger partial charge in [0.2, 0.25) is 0 Å². The van der Waals surface area contributed by atoms with Crippen molar-refractivity contribution in [2.24, 2.45) is 5.41 Å². The number of nitrogens with zero attached hydrogens (tertiary/aromatic N) is 1. The van der Waals surface area contributed by atoms with Crippen LogP contribution in [0.25, 0.3) is 0 Å². The van der Waals surface area contributed by atoms with Crippen molar-refractivity contribution in [3.8, 4) is 0 Å². The third-order valence-electron chi connectivity index (χ3n) is 8.10. The van der Waals surface area contributed by atoms with Gasteiger partial charge < -0.3 is 14.6 Å². The summed E-state index contributed by atoms with van der Waals surface area (Å²) in [6, 6.07) is 4.99. The Kier molecular flexibility index (Phi) is 4.90. The average Bonchev–Trinajstić information content (AvgIpc) is 3.07. The van der Waals surface area contributed by atoms with Crippen LogP contribution in [0.4, 0.5) is 13.2 Å². The van der Waals surface area contributed by atoms with Crippen LogP contribution in [0.1, 0.15) is 84.2 Å². The van der Waals surface area contributed by atoms with Gasteiger partial charge in [0, 0.05) is 37.3 Å². The van der Waals surface area contributed by atoms with E-state index in [4.69, 9.17) is 26.1 Å². The molecule has 1 saturated heterocycles. The van der Waals surface area contributed by atoms with Crippen LogP contribution in [0.5, 0.6) is 0 Å². The van der Waals surface area contributed by atoms with Crippen molar-refractivity contribution in [3.63, 3.8) is 0 Å². The lowest BCUT2D eigenvalue weighted by Gasteiger charge is -2.51. The highest BCUT2D eigenvalue weighted by atomic mass is 35.5. The first-order chi connectivity index (χ1) is 15.7. The molecule has 0 bridgehead atoms. The molecular formula is C25H24ClF3NO3-. The number of halogens is 4. The Hall–Kier alpha value is -1.67. The van der Waals surface area contributed by atoms with Gasteiger partial charge in [0.1, 0.15) is 11.3 Å². The molecule has 4 nitrogen and oxygen atoms in total. The predicted molar refractivity (Wildman–Crippen MR) is 113 cm³/mol. The summed E-state index contributed by atoms with van der Waals surface area (Å²) in [7, 11) is 0. The maximum atomic E-state index is 13.6. The number of aromatic nitrogens is 1. The van der Waals surface area contributed by atoms with Crippen molar-refractivity contribution in [2.75, 3.05) is 13.2 Å². The summed E-state index contributed by atoms with van der Waals surface area (Å²) >= 11 is 6.76. The predicted octanol–water partition coefficient (Wildman–Crippen LogP) is 5.40. The summed E-state index contributed by atoms with van der Waals surface area (Å²) in [4.78, 5) is 4.70. The highest BCUT2D eigenvalue weighted by molar-refractivity contribution is 6.30. The molecular weight excluding hydrogens is 455 g/mol. The molecule has 3 heterocycles. The van der Waals surface area contributed by atoms with E-state index in [9.17, 15) is 18.3 Å². The lowest BCUT2D eigenvalue weighted by Crippen LogP contribution is -2.43. The van der Waals surface area contributed by atoms with Gasteiger partial charge in [0.05, 0.1) is 11.2 Å². The van der Waals surface area contributed by atoms with Gasteiger partial charge in [-0.2, -0.15) is 13.2 Å². The van der Waals surface area contributed by atoms with Crippen molar-refractivity contribution in [1.82, 2.24) is 4.98 Å². The maximum absolute atomic E-state index is 13.6. The first-order valence-electron chi connectivity index (χ1n) is 11.5. The number of fused-ring (bicyclic) bond motifs is 4. The molecule has 8 heteroatoms. The first kappa shape index (κ1) is 21.8. The molecule has 6 rings (SSSR count). The number of hydrogen-bond acceptors (Lipinski definition) is 4. The Balaban J connectivity index is 1.50. The molecule has 176 valence electrons. The molecule has 0 N–H and O–H groups in total. The van der Waals surface area contributed by atoms with Crippen molar-refractivity contribution < 1.29 is 27.8 Å². The van der Waals surface area contributed by atoms with Crippen molar-refractivity contribution in [3.05, 3.63) is 62.9 Å². The SMILES string of the molecule is [O-]C1CC2(CCC2)Cc2nc(Cl)c3c(c21)C1(CCOCC1)O[C@H]3c1ccc(C(F)(F)F)cc1. The Morgan fingerprint density at radius 1 is 1.03 bits per heavy atom. The van der Waals surface area contributed by atoms with Gasteiger partial charge in [0.25, 0.3) is 0 Å². The summed E-state index contributed by atoms with van der Waals surface area (Å²) in [5, 5.41) is 13.9. The van der Waals surface area contributed by atoms with Crippen molar-refractivity contribution >= 4 is 11.6 Å². The van der Waals surface area contributed by atoms with E-state index in [0.29, 0.717) is 54.3 Å². The smallest absolute Gasteiger partial charge is 0.416 e. The Morgan fingerprint density at radius 2 is 1.73 bits per heavy atom. The minimum atomic E-state index is -4.42. The summed E-state index contributed by atoms with van der Waals surface area (Å²) in [5.41, 5.74) is 2.14. The Bertz CT molecular complexity index is 1090. The summed E-state index contributed by atoms with van der Waals surface area (Å²) in [6.45, 7) is 0.975. The monoisotopic (exact) mass is 478 g/mol. The normalized spacial score (nSPS) is 27.3. The fraction of sp³-hybridized carbons (Fsp3) is 0.560. The lowest BCUT2D eigenvalue weighted by molar-refractivity contribution is -0.436. The van der Waals surface area contributed by atoms with Crippen LogP contribution in [0, 0.1) is 5.41 Å². The van der Waals surface area contributed by atoms with E-state index in [2.05, 4.69) is 0 Å². The number of ether oxygens (including phenoxy) is 2. The molecule has 2 aliphatic carbocycles. The van der Waals surface area contributed by atoms with Gasteiger partial charge in [-0.05, 0) is 53.5 Å². The van der Waals surface area contributed by atoms with Gasteiger partial charge in [-0.3, -0.25) is 0 Å². The van der Waals surface area contributed by atoms with Crippen LogP contribution < -0.4 is 5.11 Å². The average molecular weight is 479 g/mol. The fourth-order valence-electron chi connectivity index (χ4n) is 6.32. The van der Waals surface area contributed by atoms with Crippen molar-refractivity contribution in [1.29, 1.82) is 0 Å². The molecule has 2 fully saturated rings. The van der Waals surface area contributed by atoms with Crippen molar-refractivity contribution in [2.45, 2.75) is 68.9 Å². The molecule has 1 unspecified atom stereocenters. The zero-order valence-electron chi connectivity index (χ0n) is 18.0. The van der Waals surface area contributed by atoms with E-state index < -0.39 is 29.5 Å². The van der Waals surface area contributed by atoms with Crippen LogP contribution in [-0.4, -0.2) is 18.2 Å². The highest BCUT2D eigenvalue weighted by Gasteiger charge is 2.52. The minimum Gasteiger partial charge on any atom is -0.848 e. The summed E-state index contributed by atoms with van der Waals surface area (Å²) in [5.74, 6) is 0. The molecule has 2 atom stereocenters. The fourth-order valence-corrected chi connectivity index (χ4v) is 6.61. The van der Waals surface area contributed by atoms with E-state index in [1.54, 1.807) is 0 Å². The van der Waals surface area contributed by atoms with Crippen LogP contribution in [0.2, 0.25) is 5.15 Å². The van der Waals surface area contributed by atoms with Crippen LogP contribution in [-0.2, 0) is 27.7 Å². The molecule has 2 aliphatic heterocycles.